The van der Waals surface area contributed by atoms with Crippen molar-refractivity contribution in [3.63, 3.8) is 0 Å². The molecular weight excluding hydrogens is 330 g/mol. The zero-order valence-electron chi connectivity index (χ0n) is 14.6. The number of rotatable bonds is 4. The lowest BCUT2D eigenvalue weighted by Gasteiger charge is -2.15. The highest BCUT2D eigenvalue weighted by molar-refractivity contribution is 5.98. The van der Waals surface area contributed by atoms with E-state index in [1.807, 2.05) is 48.5 Å². The second-order valence-corrected chi connectivity index (χ2v) is 5.88. The highest BCUT2D eigenvalue weighted by Gasteiger charge is 2.17. The molecule has 0 unspecified atom stereocenters. The number of carbonyl (C=O) groups excluding carboxylic acids is 2. The van der Waals surface area contributed by atoms with Crippen molar-refractivity contribution in [3.8, 4) is 22.6 Å². The molecule has 0 amide bonds. The Morgan fingerprint density at radius 1 is 0.846 bits per heavy atom. The maximum atomic E-state index is 11.6. The summed E-state index contributed by atoms with van der Waals surface area (Å²) in [5.41, 5.74) is 8.79. The molecule has 2 N–H and O–H groups in total. The summed E-state index contributed by atoms with van der Waals surface area (Å²) in [6.07, 6.45) is 0. The summed E-state index contributed by atoms with van der Waals surface area (Å²) in [5.74, 6) is -0.563. The van der Waals surface area contributed by atoms with E-state index in [1.54, 1.807) is 6.07 Å². The first kappa shape index (κ1) is 17.6. The molecule has 0 saturated carbocycles. The highest BCUT2D eigenvalue weighted by atomic mass is 16.6. The fourth-order valence-corrected chi connectivity index (χ4v) is 2.92. The molecular formula is C21H19NO4. The number of benzene rings is 3. The third-order valence-electron chi connectivity index (χ3n) is 3.96. The Bertz CT molecular complexity index is 980. The van der Waals surface area contributed by atoms with Gasteiger partial charge in [-0.2, -0.15) is 0 Å². The van der Waals surface area contributed by atoms with Crippen molar-refractivity contribution in [1.82, 2.24) is 0 Å². The van der Waals surface area contributed by atoms with Crippen LogP contribution in [0.5, 0.6) is 11.5 Å². The molecule has 3 aromatic rings. The van der Waals surface area contributed by atoms with Crippen LogP contribution in [0.4, 0.5) is 0 Å². The third kappa shape index (κ3) is 3.58. The first-order valence-electron chi connectivity index (χ1n) is 8.21. The van der Waals surface area contributed by atoms with E-state index in [1.165, 1.54) is 13.8 Å². The molecule has 0 saturated heterocycles. The highest BCUT2D eigenvalue weighted by Crippen LogP contribution is 2.39. The number of fused-ring (bicyclic) bond motifs is 1. The molecule has 5 heteroatoms. The lowest BCUT2D eigenvalue weighted by Crippen LogP contribution is -2.08. The van der Waals surface area contributed by atoms with Crippen molar-refractivity contribution < 1.29 is 19.1 Å². The van der Waals surface area contributed by atoms with E-state index >= 15 is 0 Å². The van der Waals surface area contributed by atoms with Crippen molar-refractivity contribution in [3.05, 3.63) is 60.2 Å². The molecule has 0 atom stereocenters. The van der Waals surface area contributed by atoms with Crippen LogP contribution in [-0.2, 0) is 16.1 Å². The third-order valence-corrected chi connectivity index (χ3v) is 3.96. The Kier molecular flexibility index (Phi) is 5.00. The van der Waals surface area contributed by atoms with Crippen LogP contribution in [0.2, 0.25) is 0 Å². The van der Waals surface area contributed by atoms with Crippen LogP contribution in [0, 0.1) is 0 Å². The van der Waals surface area contributed by atoms with Crippen molar-refractivity contribution >= 4 is 22.7 Å². The van der Waals surface area contributed by atoms with Crippen LogP contribution >= 0.6 is 0 Å². The normalized spacial score (nSPS) is 10.6. The number of carbonyl (C=O) groups is 2. The van der Waals surface area contributed by atoms with Gasteiger partial charge in [-0.05, 0) is 40.3 Å². The van der Waals surface area contributed by atoms with Crippen molar-refractivity contribution in [1.29, 1.82) is 0 Å². The van der Waals surface area contributed by atoms with Crippen LogP contribution in [-0.4, -0.2) is 11.9 Å². The molecule has 0 spiro atoms. The molecule has 0 fully saturated rings. The summed E-state index contributed by atoms with van der Waals surface area (Å²) < 4.78 is 10.6. The van der Waals surface area contributed by atoms with Crippen LogP contribution in [0.25, 0.3) is 21.9 Å². The molecule has 0 aliphatic carbocycles. The Labute approximate surface area is 151 Å². The summed E-state index contributed by atoms with van der Waals surface area (Å²) >= 11 is 0. The van der Waals surface area contributed by atoms with Gasteiger partial charge in [-0.1, -0.05) is 36.4 Å². The van der Waals surface area contributed by atoms with Crippen molar-refractivity contribution in [2.45, 2.75) is 20.4 Å². The molecule has 5 nitrogen and oxygen atoms in total. The maximum absolute atomic E-state index is 11.6. The molecule has 0 aliphatic heterocycles. The fraction of sp³-hybridized carbons (Fsp3) is 0.143. The number of nitrogens with two attached hydrogens (primary N) is 1. The second-order valence-electron chi connectivity index (χ2n) is 5.88. The van der Waals surface area contributed by atoms with Crippen LogP contribution in [0.3, 0.4) is 0 Å². The van der Waals surface area contributed by atoms with E-state index in [0.717, 1.165) is 22.1 Å². The number of esters is 2. The molecule has 0 aliphatic rings. The van der Waals surface area contributed by atoms with Crippen LogP contribution in [0.1, 0.15) is 19.4 Å². The smallest absolute Gasteiger partial charge is 0.308 e. The Hall–Kier alpha value is -3.18. The molecule has 0 heterocycles. The van der Waals surface area contributed by atoms with Gasteiger partial charge in [0.25, 0.3) is 0 Å². The van der Waals surface area contributed by atoms with Gasteiger partial charge in [0, 0.05) is 25.8 Å². The first-order valence-corrected chi connectivity index (χ1v) is 8.21. The van der Waals surface area contributed by atoms with Gasteiger partial charge in [0.1, 0.15) is 0 Å². The van der Waals surface area contributed by atoms with E-state index < -0.39 is 11.9 Å². The Morgan fingerprint density at radius 3 is 2.15 bits per heavy atom. The number of hydrogen-bond donors (Lipinski definition) is 1. The maximum Gasteiger partial charge on any atom is 0.308 e. The van der Waals surface area contributed by atoms with E-state index in [2.05, 4.69) is 0 Å². The molecule has 132 valence electrons. The van der Waals surface area contributed by atoms with Gasteiger partial charge in [-0.15, -0.1) is 0 Å². The Morgan fingerprint density at radius 2 is 1.54 bits per heavy atom. The van der Waals surface area contributed by atoms with Crippen LogP contribution < -0.4 is 15.2 Å². The largest absolute Gasteiger partial charge is 0.423 e. The molecule has 0 bridgehead atoms. The van der Waals surface area contributed by atoms with E-state index in [0.29, 0.717) is 11.9 Å². The van der Waals surface area contributed by atoms with Gasteiger partial charge in [0.2, 0.25) is 0 Å². The van der Waals surface area contributed by atoms with Gasteiger partial charge in [-0.25, -0.2) is 0 Å². The molecule has 26 heavy (non-hydrogen) atoms. The molecule has 3 aromatic carbocycles. The summed E-state index contributed by atoms with van der Waals surface area (Å²) in [6, 6.07) is 17.2. The molecule has 0 radical (unpaired) electrons. The van der Waals surface area contributed by atoms with Gasteiger partial charge in [0.15, 0.2) is 11.5 Å². The van der Waals surface area contributed by atoms with Crippen LogP contribution in [0.15, 0.2) is 54.6 Å². The summed E-state index contributed by atoms with van der Waals surface area (Å²) in [7, 11) is 0. The summed E-state index contributed by atoms with van der Waals surface area (Å²) in [5, 5.41) is 1.51. The average molecular weight is 349 g/mol. The number of ether oxygens (including phenoxy) is 2. The fourth-order valence-electron chi connectivity index (χ4n) is 2.92. The quantitative estimate of drug-likeness (QED) is 0.572. The van der Waals surface area contributed by atoms with Gasteiger partial charge in [0.05, 0.1) is 0 Å². The average Bonchev–Trinajstić information content (AvgIpc) is 2.62. The topological polar surface area (TPSA) is 78.6 Å². The van der Waals surface area contributed by atoms with E-state index in [4.69, 9.17) is 15.2 Å². The zero-order chi connectivity index (χ0) is 18.7. The minimum absolute atomic E-state index is 0.202. The second kappa shape index (κ2) is 7.37. The lowest BCUT2D eigenvalue weighted by molar-refractivity contribution is -0.134. The lowest BCUT2D eigenvalue weighted by atomic mass is 9.96. The molecule has 3 rings (SSSR count). The minimum Gasteiger partial charge on any atom is -0.423 e. The SMILES string of the molecule is CC(=O)Oc1ccc2c(CN)cc(-c3ccccc3)cc2c1OC(C)=O. The summed E-state index contributed by atoms with van der Waals surface area (Å²) in [4.78, 5) is 23.0. The predicted octanol–water partition coefficient (Wildman–Crippen LogP) is 3.82. The number of hydrogen-bond acceptors (Lipinski definition) is 5. The van der Waals surface area contributed by atoms with Gasteiger partial charge in [-0.3, -0.25) is 9.59 Å². The molecule has 0 aromatic heterocycles. The Balaban J connectivity index is 2.31. The van der Waals surface area contributed by atoms with Crippen molar-refractivity contribution in [2.75, 3.05) is 0 Å². The van der Waals surface area contributed by atoms with Gasteiger partial charge < -0.3 is 15.2 Å². The minimum atomic E-state index is -0.495. The monoisotopic (exact) mass is 349 g/mol. The predicted molar refractivity (Wildman–Crippen MR) is 99.9 cm³/mol. The standard InChI is InChI=1S/C21H19NO4/c1-13(23)25-20-9-8-18-17(12-22)10-16(15-6-4-3-5-7-15)11-19(18)21(20)26-14(2)24/h3-11H,12,22H2,1-2H3. The zero-order valence-corrected chi connectivity index (χ0v) is 14.6. The first-order chi connectivity index (χ1) is 12.5. The van der Waals surface area contributed by atoms with E-state index in [-0.39, 0.29) is 11.5 Å². The van der Waals surface area contributed by atoms with E-state index in [9.17, 15) is 9.59 Å². The van der Waals surface area contributed by atoms with Gasteiger partial charge >= 0.3 is 11.9 Å². The van der Waals surface area contributed by atoms with Crippen molar-refractivity contribution in [2.24, 2.45) is 5.73 Å². The summed E-state index contributed by atoms with van der Waals surface area (Å²) in [6.45, 7) is 2.93.